The zero-order valence-corrected chi connectivity index (χ0v) is 16.5. The molecular weight excluding hydrogens is 362 g/mol. The van der Waals surface area contributed by atoms with Crippen LogP contribution in [0.1, 0.15) is 27.0 Å². The molecule has 1 aliphatic carbocycles. The fraction of sp³-hybridized carbons (Fsp3) is 0.409. The van der Waals surface area contributed by atoms with Crippen molar-refractivity contribution in [2.75, 3.05) is 38.3 Å². The van der Waals surface area contributed by atoms with Crippen LogP contribution >= 0.6 is 11.6 Å². The molecule has 2 aromatic rings. The van der Waals surface area contributed by atoms with Gasteiger partial charge in [-0.25, -0.2) is 0 Å². The number of nitrogens with zero attached hydrogens (tertiary/aromatic N) is 1. The van der Waals surface area contributed by atoms with Crippen molar-refractivity contribution in [1.82, 2.24) is 0 Å². The lowest BCUT2D eigenvalue weighted by molar-refractivity contribution is 0.0936. The first kappa shape index (κ1) is 18.3. The van der Waals surface area contributed by atoms with Crippen LogP contribution in [0.5, 0.6) is 5.75 Å². The van der Waals surface area contributed by atoms with Gasteiger partial charge in [0.2, 0.25) is 0 Å². The van der Waals surface area contributed by atoms with Gasteiger partial charge in [0.25, 0.3) is 0 Å². The number of ketones is 1. The number of hydrogen-bond donors (Lipinski definition) is 0. The molecule has 0 aromatic heterocycles. The fourth-order valence-corrected chi connectivity index (χ4v) is 4.29. The molecule has 1 aliphatic heterocycles. The number of methoxy groups -OCH3 is 1. The third-order valence-electron chi connectivity index (χ3n) is 5.64. The van der Waals surface area contributed by atoms with Crippen molar-refractivity contribution >= 4 is 23.1 Å². The van der Waals surface area contributed by atoms with Crippen LogP contribution in [-0.2, 0) is 17.6 Å². The molecule has 1 fully saturated rings. The lowest BCUT2D eigenvalue weighted by Gasteiger charge is -2.30. The van der Waals surface area contributed by atoms with Crippen molar-refractivity contribution in [1.29, 1.82) is 0 Å². The number of hydrogen-bond acceptors (Lipinski definition) is 4. The molecule has 1 unspecified atom stereocenters. The Morgan fingerprint density at radius 1 is 1.22 bits per heavy atom. The zero-order chi connectivity index (χ0) is 19.0. The number of Topliss-reactive ketones (excluding diaryl/α,β-unsaturated/α-hetero) is 1. The van der Waals surface area contributed by atoms with Crippen LogP contribution in [-0.4, -0.2) is 39.2 Å². The summed E-state index contributed by atoms with van der Waals surface area (Å²) in [6.45, 7) is 5.19. The van der Waals surface area contributed by atoms with Gasteiger partial charge in [-0.3, -0.25) is 4.79 Å². The first-order valence-electron chi connectivity index (χ1n) is 9.39. The quantitative estimate of drug-likeness (QED) is 0.794. The van der Waals surface area contributed by atoms with Gasteiger partial charge in [-0.15, -0.1) is 0 Å². The molecule has 0 saturated carbocycles. The summed E-state index contributed by atoms with van der Waals surface area (Å²) in [5.41, 5.74) is 5.30. The summed E-state index contributed by atoms with van der Waals surface area (Å²) < 4.78 is 11.1. The molecule has 0 bridgehead atoms. The molecule has 27 heavy (non-hydrogen) atoms. The summed E-state index contributed by atoms with van der Waals surface area (Å²) in [7, 11) is 1.66. The highest BCUT2D eigenvalue weighted by Crippen LogP contribution is 2.38. The molecule has 5 heteroatoms. The average molecular weight is 386 g/mol. The zero-order valence-electron chi connectivity index (χ0n) is 15.8. The lowest BCUT2D eigenvalue weighted by atomic mass is 9.93. The number of rotatable bonds is 4. The van der Waals surface area contributed by atoms with Crippen LogP contribution in [0.3, 0.4) is 0 Å². The first-order chi connectivity index (χ1) is 13.1. The van der Waals surface area contributed by atoms with Gasteiger partial charge < -0.3 is 14.4 Å². The van der Waals surface area contributed by atoms with E-state index in [-0.39, 0.29) is 11.7 Å². The van der Waals surface area contributed by atoms with Gasteiger partial charge in [-0.2, -0.15) is 0 Å². The van der Waals surface area contributed by atoms with Crippen molar-refractivity contribution in [3.05, 3.63) is 57.6 Å². The summed E-state index contributed by atoms with van der Waals surface area (Å²) >= 11 is 6.16. The van der Waals surface area contributed by atoms with E-state index in [1.54, 1.807) is 7.11 Å². The second-order valence-corrected chi connectivity index (χ2v) is 7.76. The molecule has 4 nitrogen and oxygen atoms in total. The summed E-state index contributed by atoms with van der Waals surface area (Å²) in [4.78, 5) is 15.3. The Morgan fingerprint density at radius 2 is 2.00 bits per heavy atom. The van der Waals surface area contributed by atoms with Gasteiger partial charge in [0, 0.05) is 29.6 Å². The summed E-state index contributed by atoms with van der Waals surface area (Å²) in [5, 5.41) is 0.717. The number of carbonyl (C=O) groups is 1. The molecule has 0 N–H and O–H groups in total. The number of fused-ring (bicyclic) bond motifs is 1. The maximum absolute atomic E-state index is 13.0. The minimum Gasteiger partial charge on any atom is -0.495 e. The maximum Gasteiger partial charge on any atom is 0.167 e. The smallest absolute Gasteiger partial charge is 0.167 e. The van der Waals surface area contributed by atoms with Crippen LogP contribution < -0.4 is 9.64 Å². The van der Waals surface area contributed by atoms with Crippen LogP contribution in [0, 0.1) is 12.8 Å². The third-order valence-corrected chi connectivity index (χ3v) is 5.87. The third kappa shape index (κ3) is 3.56. The maximum atomic E-state index is 13.0. The molecule has 1 atom stereocenters. The Hall–Kier alpha value is -2.04. The molecule has 2 aliphatic rings. The predicted molar refractivity (Wildman–Crippen MR) is 107 cm³/mol. The highest BCUT2D eigenvalue weighted by atomic mass is 35.5. The number of carbonyl (C=O) groups excluding carboxylic acids is 1. The highest BCUT2D eigenvalue weighted by Gasteiger charge is 2.33. The highest BCUT2D eigenvalue weighted by molar-refractivity contribution is 6.30. The minimum absolute atomic E-state index is 0.0400. The van der Waals surface area contributed by atoms with Crippen LogP contribution in [0.15, 0.2) is 30.3 Å². The van der Waals surface area contributed by atoms with Crippen molar-refractivity contribution in [3.8, 4) is 5.75 Å². The first-order valence-corrected chi connectivity index (χ1v) is 9.77. The Kier molecular flexibility index (Phi) is 5.11. The summed E-state index contributed by atoms with van der Waals surface area (Å²) in [6, 6.07) is 9.96. The normalized spacial score (nSPS) is 19.3. The summed E-state index contributed by atoms with van der Waals surface area (Å²) in [5.74, 6) is 0.932. The van der Waals surface area contributed by atoms with E-state index in [2.05, 4.69) is 17.9 Å². The average Bonchev–Trinajstić information content (AvgIpc) is 2.99. The van der Waals surface area contributed by atoms with E-state index in [0.717, 1.165) is 72.3 Å². The Morgan fingerprint density at radius 3 is 2.74 bits per heavy atom. The van der Waals surface area contributed by atoms with Crippen LogP contribution in [0.4, 0.5) is 5.69 Å². The number of morpholine rings is 1. The molecular formula is C22H24ClNO3. The molecule has 0 spiro atoms. The van der Waals surface area contributed by atoms with Gasteiger partial charge in [-0.1, -0.05) is 17.7 Å². The SMILES string of the molecule is COc1cc2c(cc1N1CCOCC1)CC(Cc1cc(Cl)ccc1C)C2=O. The topological polar surface area (TPSA) is 38.8 Å². The second kappa shape index (κ2) is 7.53. The molecule has 2 aromatic carbocycles. The summed E-state index contributed by atoms with van der Waals surface area (Å²) in [6.07, 6.45) is 1.48. The lowest BCUT2D eigenvalue weighted by Crippen LogP contribution is -2.36. The molecule has 0 amide bonds. The monoisotopic (exact) mass is 385 g/mol. The standard InChI is InChI=1S/C22H24ClNO3/c1-14-3-4-18(23)11-15(14)9-17-10-16-12-20(24-5-7-27-8-6-24)21(26-2)13-19(16)22(17)25/h3-4,11-13,17H,5-10H2,1-2H3. The van der Waals surface area contributed by atoms with Gasteiger partial charge in [0.1, 0.15) is 5.75 Å². The second-order valence-electron chi connectivity index (χ2n) is 7.32. The Labute approximate surface area is 165 Å². The van der Waals surface area contributed by atoms with Gasteiger partial charge >= 0.3 is 0 Å². The van der Waals surface area contributed by atoms with E-state index >= 15 is 0 Å². The molecule has 0 radical (unpaired) electrons. The van der Waals surface area contributed by atoms with Crippen molar-refractivity contribution in [2.24, 2.45) is 5.92 Å². The molecule has 142 valence electrons. The van der Waals surface area contributed by atoms with Gasteiger partial charge in [-0.05, 0) is 60.7 Å². The van der Waals surface area contributed by atoms with Gasteiger partial charge in [0.05, 0.1) is 26.0 Å². The number of benzene rings is 2. The van der Waals surface area contributed by atoms with Crippen LogP contribution in [0.25, 0.3) is 0 Å². The number of anilines is 1. The number of ether oxygens (including phenoxy) is 2. The van der Waals surface area contributed by atoms with E-state index in [9.17, 15) is 4.79 Å². The van der Waals surface area contributed by atoms with Crippen molar-refractivity contribution in [2.45, 2.75) is 19.8 Å². The predicted octanol–water partition coefficient (Wildman–Crippen LogP) is 4.09. The van der Waals surface area contributed by atoms with E-state index < -0.39 is 0 Å². The van der Waals surface area contributed by atoms with Crippen molar-refractivity contribution in [3.63, 3.8) is 0 Å². The van der Waals surface area contributed by atoms with E-state index in [1.165, 1.54) is 5.56 Å². The van der Waals surface area contributed by atoms with Crippen LogP contribution in [0.2, 0.25) is 5.02 Å². The van der Waals surface area contributed by atoms with Crippen molar-refractivity contribution < 1.29 is 14.3 Å². The molecule has 1 saturated heterocycles. The van der Waals surface area contributed by atoms with E-state index in [0.29, 0.717) is 0 Å². The molecule has 4 rings (SSSR count). The largest absolute Gasteiger partial charge is 0.495 e. The van der Waals surface area contributed by atoms with E-state index in [4.69, 9.17) is 21.1 Å². The Bertz CT molecular complexity index is 874. The fourth-order valence-electron chi connectivity index (χ4n) is 4.09. The number of aryl methyl sites for hydroxylation is 1. The van der Waals surface area contributed by atoms with E-state index in [1.807, 2.05) is 24.3 Å². The Balaban J connectivity index is 1.62. The number of halogens is 1. The van der Waals surface area contributed by atoms with Gasteiger partial charge in [0.15, 0.2) is 5.78 Å². The minimum atomic E-state index is -0.0400. The molecule has 1 heterocycles.